The molecular weight excluding hydrogens is 348 g/mol. The molecular formula is C18H24N6O3. The normalized spacial score (nSPS) is 22.8. The van der Waals surface area contributed by atoms with Gasteiger partial charge in [-0.15, -0.1) is 0 Å². The van der Waals surface area contributed by atoms with Crippen LogP contribution in [0.3, 0.4) is 0 Å². The molecule has 2 aromatic heterocycles. The first-order chi connectivity index (χ1) is 13.1. The zero-order valence-corrected chi connectivity index (χ0v) is 15.1. The molecule has 2 aromatic rings. The number of nitrogens with zero attached hydrogens (tertiary/aromatic N) is 4. The molecule has 4 rings (SSSR count). The number of hydrogen-bond acceptors (Lipinski definition) is 5. The number of H-pyrrole nitrogens is 1. The molecule has 1 fully saturated rings. The number of aliphatic hydroxyl groups is 1. The van der Waals surface area contributed by atoms with Crippen LogP contribution in [0.2, 0.25) is 0 Å². The van der Waals surface area contributed by atoms with E-state index in [9.17, 15) is 14.7 Å². The standard InChI is InChI=1S/C18H24N6O3/c25-13-3-1-12(2-4-13)20-17(26)15-11-24-10-9-23(8-6-16(24)21-15)18(27)14-5-7-19-22-14/h5,7,11-13,25H,1-4,6,8-10H2,(H,19,22)(H,20,26). The molecule has 2 aliphatic rings. The lowest BCUT2D eigenvalue weighted by Gasteiger charge is -2.25. The number of aromatic amines is 1. The van der Waals surface area contributed by atoms with Gasteiger partial charge in [-0.2, -0.15) is 5.10 Å². The Bertz CT molecular complexity index is 782. The van der Waals surface area contributed by atoms with Gasteiger partial charge in [0.2, 0.25) is 0 Å². The predicted octanol–water partition coefficient (Wildman–Crippen LogP) is 0.338. The van der Waals surface area contributed by atoms with Crippen molar-refractivity contribution in [2.24, 2.45) is 0 Å². The third-order valence-electron chi connectivity index (χ3n) is 5.36. The van der Waals surface area contributed by atoms with Gasteiger partial charge in [-0.25, -0.2) is 4.98 Å². The molecule has 0 radical (unpaired) electrons. The Balaban J connectivity index is 1.37. The summed E-state index contributed by atoms with van der Waals surface area (Å²) in [4.78, 5) is 31.2. The van der Waals surface area contributed by atoms with Crippen LogP contribution in [0.1, 0.15) is 52.5 Å². The smallest absolute Gasteiger partial charge is 0.271 e. The quantitative estimate of drug-likeness (QED) is 0.718. The van der Waals surface area contributed by atoms with E-state index in [1.54, 1.807) is 23.4 Å². The first-order valence-corrected chi connectivity index (χ1v) is 9.44. The molecule has 0 saturated heterocycles. The SMILES string of the molecule is O=C(NC1CCC(O)CC1)c1cn2c(n1)CCN(C(=O)c1ccn[nH]1)CC2. The zero-order chi connectivity index (χ0) is 18.8. The minimum absolute atomic E-state index is 0.0734. The molecule has 1 aliphatic carbocycles. The molecule has 0 bridgehead atoms. The summed E-state index contributed by atoms with van der Waals surface area (Å²) >= 11 is 0. The average molecular weight is 372 g/mol. The van der Waals surface area contributed by atoms with Crippen molar-refractivity contribution in [1.82, 2.24) is 30.0 Å². The second-order valence-corrected chi connectivity index (χ2v) is 7.23. The molecule has 1 aliphatic heterocycles. The van der Waals surface area contributed by atoms with E-state index in [0.717, 1.165) is 31.5 Å². The van der Waals surface area contributed by atoms with Gasteiger partial charge in [0.25, 0.3) is 11.8 Å². The van der Waals surface area contributed by atoms with E-state index >= 15 is 0 Å². The van der Waals surface area contributed by atoms with Crippen LogP contribution in [-0.2, 0) is 13.0 Å². The van der Waals surface area contributed by atoms with E-state index in [1.165, 1.54) is 0 Å². The second-order valence-electron chi connectivity index (χ2n) is 7.23. The first-order valence-electron chi connectivity index (χ1n) is 9.44. The van der Waals surface area contributed by atoms with Gasteiger partial charge in [-0.1, -0.05) is 0 Å². The Morgan fingerprint density at radius 3 is 2.74 bits per heavy atom. The molecule has 2 amide bonds. The average Bonchev–Trinajstić information content (AvgIpc) is 3.30. The summed E-state index contributed by atoms with van der Waals surface area (Å²) < 4.78 is 1.96. The highest BCUT2D eigenvalue weighted by atomic mass is 16.3. The lowest BCUT2D eigenvalue weighted by molar-refractivity contribution is 0.0752. The first kappa shape index (κ1) is 17.7. The van der Waals surface area contributed by atoms with Crippen molar-refractivity contribution in [3.8, 4) is 0 Å². The number of fused-ring (bicyclic) bond motifs is 1. The van der Waals surface area contributed by atoms with Crippen molar-refractivity contribution in [2.45, 2.75) is 50.8 Å². The van der Waals surface area contributed by atoms with Crippen LogP contribution in [0.15, 0.2) is 18.5 Å². The number of imidazole rings is 1. The zero-order valence-electron chi connectivity index (χ0n) is 15.1. The van der Waals surface area contributed by atoms with Crippen molar-refractivity contribution in [2.75, 3.05) is 13.1 Å². The van der Waals surface area contributed by atoms with Crippen LogP contribution in [0.25, 0.3) is 0 Å². The van der Waals surface area contributed by atoms with Crippen LogP contribution in [0.5, 0.6) is 0 Å². The van der Waals surface area contributed by atoms with Crippen LogP contribution in [-0.4, -0.2) is 66.8 Å². The summed E-state index contributed by atoms with van der Waals surface area (Å²) in [6.45, 7) is 1.71. The van der Waals surface area contributed by atoms with Gasteiger partial charge >= 0.3 is 0 Å². The van der Waals surface area contributed by atoms with Gasteiger partial charge in [-0.05, 0) is 31.7 Å². The fourth-order valence-corrected chi connectivity index (χ4v) is 3.76. The highest BCUT2D eigenvalue weighted by Gasteiger charge is 2.25. The Labute approximate surface area is 156 Å². The second kappa shape index (κ2) is 7.51. The van der Waals surface area contributed by atoms with Crippen LogP contribution < -0.4 is 5.32 Å². The number of nitrogens with one attached hydrogen (secondary N) is 2. The lowest BCUT2D eigenvalue weighted by Crippen LogP contribution is -2.38. The molecule has 0 unspecified atom stereocenters. The van der Waals surface area contributed by atoms with Crippen LogP contribution in [0.4, 0.5) is 0 Å². The molecule has 9 nitrogen and oxygen atoms in total. The van der Waals surface area contributed by atoms with Gasteiger partial charge in [0.1, 0.15) is 17.2 Å². The number of hydrogen-bond donors (Lipinski definition) is 3. The summed E-state index contributed by atoms with van der Waals surface area (Å²) in [6, 6.07) is 1.77. The Morgan fingerprint density at radius 2 is 2.00 bits per heavy atom. The Kier molecular flexibility index (Phi) is 4.93. The Morgan fingerprint density at radius 1 is 1.19 bits per heavy atom. The van der Waals surface area contributed by atoms with Crippen LogP contribution >= 0.6 is 0 Å². The lowest BCUT2D eigenvalue weighted by atomic mass is 9.93. The molecule has 0 aromatic carbocycles. The van der Waals surface area contributed by atoms with Crippen LogP contribution in [0, 0.1) is 0 Å². The highest BCUT2D eigenvalue weighted by molar-refractivity contribution is 5.93. The maximum atomic E-state index is 12.5. The van der Waals surface area contributed by atoms with Gasteiger partial charge in [-0.3, -0.25) is 14.7 Å². The number of carbonyl (C=O) groups is 2. The fraction of sp³-hybridized carbons (Fsp3) is 0.556. The number of aliphatic hydroxyl groups excluding tert-OH is 1. The summed E-state index contributed by atoms with van der Waals surface area (Å²) in [7, 11) is 0. The fourth-order valence-electron chi connectivity index (χ4n) is 3.76. The molecule has 0 atom stereocenters. The highest BCUT2D eigenvalue weighted by Crippen LogP contribution is 2.19. The van der Waals surface area contributed by atoms with Crippen molar-refractivity contribution in [1.29, 1.82) is 0 Å². The van der Waals surface area contributed by atoms with Crippen molar-refractivity contribution >= 4 is 11.8 Å². The summed E-state index contributed by atoms with van der Waals surface area (Å²) in [5, 5.41) is 19.1. The summed E-state index contributed by atoms with van der Waals surface area (Å²) in [6.07, 6.45) is 6.74. The number of carbonyl (C=O) groups excluding carboxylic acids is 2. The molecule has 27 heavy (non-hydrogen) atoms. The monoisotopic (exact) mass is 372 g/mol. The van der Waals surface area contributed by atoms with E-state index in [4.69, 9.17) is 0 Å². The maximum Gasteiger partial charge on any atom is 0.271 e. The molecule has 9 heteroatoms. The van der Waals surface area contributed by atoms with Gasteiger partial charge < -0.3 is 19.9 Å². The third kappa shape index (κ3) is 3.87. The van der Waals surface area contributed by atoms with Gasteiger partial charge in [0.05, 0.1) is 6.10 Å². The maximum absolute atomic E-state index is 12.5. The minimum atomic E-state index is -0.241. The van der Waals surface area contributed by atoms with E-state index < -0.39 is 0 Å². The largest absolute Gasteiger partial charge is 0.393 e. The van der Waals surface area contributed by atoms with Crippen molar-refractivity contribution in [3.63, 3.8) is 0 Å². The Hall–Kier alpha value is -2.68. The third-order valence-corrected chi connectivity index (χ3v) is 5.36. The predicted molar refractivity (Wildman–Crippen MR) is 96.2 cm³/mol. The molecule has 3 N–H and O–H groups in total. The molecule has 0 spiro atoms. The molecule has 144 valence electrons. The van der Waals surface area contributed by atoms with E-state index in [2.05, 4.69) is 20.5 Å². The minimum Gasteiger partial charge on any atom is -0.393 e. The number of rotatable bonds is 3. The molecule has 3 heterocycles. The van der Waals surface area contributed by atoms with Gasteiger partial charge in [0, 0.05) is 44.5 Å². The number of amides is 2. The number of aromatic nitrogens is 4. The van der Waals surface area contributed by atoms with E-state index in [-0.39, 0.29) is 24.0 Å². The molecule has 1 saturated carbocycles. The van der Waals surface area contributed by atoms with Crippen molar-refractivity contribution in [3.05, 3.63) is 35.7 Å². The van der Waals surface area contributed by atoms with E-state index in [0.29, 0.717) is 37.4 Å². The van der Waals surface area contributed by atoms with Gasteiger partial charge in [0.15, 0.2) is 0 Å². The van der Waals surface area contributed by atoms with Crippen molar-refractivity contribution < 1.29 is 14.7 Å². The summed E-state index contributed by atoms with van der Waals surface area (Å²) in [5.74, 6) is 0.581. The van der Waals surface area contributed by atoms with E-state index in [1.807, 2.05) is 4.57 Å². The topological polar surface area (TPSA) is 116 Å². The summed E-state index contributed by atoms with van der Waals surface area (Å²) in [5.41, 5.74) is 0.900.